The summed E-state index contributed by atoms with van der Waals surface area (Å²) in [6, 6.07) is 13.1. The van der Waals surface area contributed by atoms with Crippen LogP contribution in [0.1, 0.15) is 28.4 Å². The molecule has 2 heteroatoms. The number of nitrogens with zero attached hydrogens (tertiary/aromatic N) is 1. The van der Waals surface area contributed by atoms with Gasteiger partial charge in [0.15, 0.2) is 0 Å². The van der Waals surface area contributed by atoms with Crippen molar-refractivity contribution in [2.75, 3.05) is 7.05 Å². The van der Waals surface area contributed by atoms with Crippen LogP contribution >= 0.6 is 0 Å². The summed E-state index contributed by atoms with van der Waals surface area (Å²) in [5, 5.41) is 3.35. The minimum Gasteiger partial charge on any atom is -0.309 e. The predicted octanol–water partition coefficient (Wildman–Crippen LogP) is 3.01. The summed E-state index contributed by atoms with van der Waals surface area (Å²) < 4.78 is 0. The zero-order chi connectivity index (χ0) is 12.3. The molecule has 1 aromatic carbocycles. The average Bonchev–Trinajstić information content (AvgIpc) is 2.33. The van der Waals surface area contributed by atoms with Crippen LogP contribution in [0.15, 0.2) is 42.6 Å². The van der Waals surface area contributed by atoms with Crippen molar-refractivity contribution >= 4 is 0 Å². The zero-order valence-electron chi connectivity index (χ0n) is 10.6. The monoisotopic (exact) mass is 226 g/mol. The Morgan fingerprint density at radius 2 is 1.71 bits per heavy atom. The summed E-state index contributed by atoms with van der Waals surface area (Å²) >= 11 is 0. The molecule has 0 radical (unpaired) electrons. The fraction of sp³-hybridized carbons (Fsp3) is 0.267. The van der Waals surface area contributed by atoms with Crippen LogP contribution in [0.5, 0.6) is 0 Å². The molecule has 88 valence electrons. The van der Waals surface area contributed by atoms with Crippen LogP contribution in [-0.4, -0.2) is 12.0 Å². The number of aryl methyl sites for hydroxylation is 2. The predicted molar refractivity (Wildman–Crippen MR) is 71.1 cm³/mol. The topological polar surface area (TPSA) is 24.9 Å². The Bertz CT molecular complexity index is 489. The van der Waals surface area contributed by atoms with Gasteiger partial charge in [0.05, 0.1) is 6.04 Å². The highest BCUT2D eigenvalue weighted by Gasteiger charge is 2.11. The third-order valence-corrected chi connectivity index (χ3v) is 2.95. The lowest BCUT2D eigenvalue weighted by Crippen LogP contribution is -2.17. The minimum atomic E-state index is 0.234. The molecule has 2 nitrogen and oxygen atoms in total. The first-order valence-corrected chi connectivity index (χ1v) is 5.87. The molecule has 1 atom stereocenters. The molecule has 0 saturated heterocycles. The molecule has 0 bridgehead atoms. The fourth-order valence-corrected chi connectivity index (χ4v) is 2.03. The van der Waals surface area contributed by atoms with Crippen molar-refractivity contribution in [1.82, 2.24) is 10.3 Å². The first-order valence-electron chi connectivity index (χ1n) is 5.87. The Morgan fingerprint density at radius 1 is 1.00 bits per heavy atom. The number of rotatable bonds is 3. The largest absolute Gasteiger partial charge is 0.309 e. The van der Waals surface area contributed by atoms with Gasteiger partial charge in [-0.3, -0.25) is 4.98 Å². The zero-order valence-corrected chi connectivity index (χ0v) is 10.6. The summed E-state index contributed by atoms with van der Waals surface area (Å²) in [7, 11) is 1.99. The quantitative estimate of drug-likeness (QED) is 0.870. The van der Waals surface area contributed by atoms with Crippen molar-refractivity contribution < 1.29 is 0 Å². The van der Waals surface area contributed by atoms with Gasteiger partial charge in [0.25, 0.3) is 0 Å². The third-order valence-electron chi connectivity index (χ3n) is 2.95. The van der Waals surface area contributed by atoms with Crippen LogP contribution in [0.25, 0.3) is 0 Å². The van der Waals surface area contributed by atoms with Gasteiger partial charge >= 0.3 is 0 Å². The maximum atomic E-state index is 4.24. The highest BCUT2D eigenvalue weighted by Crippen LogP contribution is 2.22. The van der Waals surface area contributed by atoms with Gasteiger partial charge < -0.3 is 5.32 Å². The Kier molecular flexibility index (Phi) is 3.55. The first-order chi connectivity index (χ1) is 8.20. The Labute approximate surface area is 103 Å². The fourth-order valence-electron chi connectivity index (χ4n) is 2.03. The standard InChI is InChI=1S/C15H18N2/c1-11-4-6-13(7-5-11)15(16-3)14-8-9-17-12(2)10-14/h4-10,15-16H,1-3H3. The lowest BCUT2D eigenvalue weighted by atomic mass is 9.98. The van der Waals surface area contributed by atoms with E-state index in [1.54, 1.807) is 0 Å². The number of pyridine rings is 1. The highest BCUT2D eigenvalue weighted by atomic mass is 14.9. The van der Waals surface area contributed by atoms with Crippen molar-refractivity contribution in [3.05, 3.63) is 65.0 Å². The normalized spacial score (nSPS) is 12.4. The Morgan fingerprint density at radius 3 is 2.29 bits per heavy atom. The molecule has 0 aliphatic rings. The summed E-state index contributed by atoms with van der Waals surface area (Å²) in [4.78, 5) is 4.24. The maximum absolute atomic E-state index is 4.24. The van der Waals surface area contributed by atoms with E-state index >= 15 is 0 Å². The number of benzene rings is 1. The second-order valence-corrected chi connectivity index (χ2v) is 4.36. The molecule has 0 aliphatic carbocycles. The smallest absolute Gasteiger partial charge is 0.0575 e. The van der Waals surface area contributed by atoms with E-state index in [4.69, 9.17) is 0 Å². The summed E-state index contributed by atoms with van der Waals surface area (Å²) in [5.74, 6) is 0. The van der Waals surface area contributed by atoms with E-state index in [2.05, 4.69) is 53.6 Å². The van der Waals surface area contributed by atoms with Crippen molar-refractivity contribution in [3.63, 3.8) is 0 Å². The van der Waals surface area contributed by atoms with E-state index < -0.39 is 0 Å². The van der Waals surface area contributed by atoms with Crippen LogP contribution in [-0.2, 0) is 0 Å². The molecule has 1 heterocycles. The lowest BCUT2D eigenvalue weighted by Gasteiger charge is -2.17. The molecule has 0 aliphatic heterocycles. The van der Waals surface area contributed by atoms with E-state index in [-0.39, 0.29) is 6.04 Å². The van der Waals surface area contributed by atoms with E-state index in [1.165, 1.54) is 16.7 Å². The van der Waals surface area contributed by atoms with Gasteiger partial charge in [-0.2, -0.15) is 0 Å². The van der Waals surface area contributed by atoms with Gasteiger partial charge in [0.2, 0.25) is 0 Å². The summed E-state index contributed by atoms with van der Waals surface area (Å²) in [5.41, 5.74) is 4.87. The molecule has 0 amide bonds. The van der Waals surface area contributed by atoms with Crippen LogP contribution in [0, 0.1) is 13.8 Å². The molecule has 2 rings (SSSR count). The van der Waals surface area contributed by atoms with Crippen molar-refractivity contribution in [1.29, 1.82) is 0 Å². The minimum absolute atomic E-state index is 0.234. The molecule has 0 saturated carbocycles. The van der Waals surface area contributed by atoms with Crippen molar-refractivity contribution in [2.24, 2.45) is 0 Å². The van der Waals surface area contributed by atoms with Crippen LogP contribution in [0.2, 0.25) is 0 Å². The van der Waals surface area contributed by atoms with E-state index in [1.807, 2.05) is 20.2 Å². The van der Waals surface area contributed by atoms with Gasteiger partial charge in [-0.15, -0.1) is 0 Å². The second-order valence-electron chi connectivity index (χ2n) is 4.36. The molecule has 17 heavy (non-hydrogen) atoms. The van der Waals surface area contributed by atoms with Crippen LogP contribution in [0.4, 0.5) is 0 Å². The number of hydrogen-bond donors (Lipinski definition) is 1. The van der Waals surface area contributed by atoms with E-state index in [0.29, 0.717) is 0 Å². The molecule has 0 fully saturated rings. The average molecular weight is 226 g/mol. The molecule has 0 spiro atoms. The number of hydrogen-bond acceptors (Lipinski definition) is 2. The molecule has 1 aromatic heterocycles. The molecule has 1 N–H and O–H groups in total. The summed E-state index contributed by atoms with van der Waals surface area (Å²) in [6.07, 6.45) is 1.86. The molecule has 2 aromatic rings. The Hall–Kier alpha value is -1.67. The van der Waals surface area contributed by atoms with Gasteiger partial charge in [-0.05, 0) is 44.2 Å². The van der Waals surface area contributed by atoms with E-state index in [0.717, 1.165) is 5.69 Å². The molecular formula is C15H18N2. The first kappa shape index (κ1) is 11.8. The SMILES string of the molecule is CNC(c1ccc(C)cc1)c1ccnc(C)c1. The van der Waals surface area contributed by atoms with Gasteiger partial charge in [0.1, 0.15) is 0 Å². The number of aromatic nitrogens is 1. The molecule has 1 unspecified atom stereocenters. The van der Waals surface area contributed by atoms with Crippen LogP contribution < -0.4 is 5.32 Å². The second kappa shape index (κ2) is 5.11. The van der Waals surface area contributed by atoms with Gasteiger partial charge in [0, 0.05) is 11.9 Å². The van der Waals surface area contributed by atoms with E-state index in [9.17, 15) is 0 Å². The van der Waals surface area contributed by atoms with Crippen LogP contribution in [0.3, 0.4) is 0 Å². The van der Waals surface area contributed by atoms with Crippen molar-refractivity contribution in [2.45, 2.75) is 19.9 Å². The number of nitrogens with one attached hydrogen (secondary N) is 1. The van der Waals surface area contributed by atoms with Gasteiger partial charge in [-0.1, -0.05) is 29.8 Å². The maximum Gasteiger partial charge on any atom is 0.0575 e. The molecular weight excluding hydrogens is 208 g/mol. The third kappa shape index (κ3) is 2.71. The van der Waals surface area contributed by atoms with Crippen molar-refractivity contribution in [3.8, 4) is 0 Å². The summed E-state index contributed by atoms with van der Waals surface area (Å²) in [6.45, 7) is 4.13. The van der Waals surface area contributed by atoms with Gasteiger partial charge in [-0.25, -0.2) is 0 Å². The highest BCUT2D eigenvalue weighted by molar-refractivity contribution is 5.33. The lowest BCUT2D eigenvalue weighted by molar-refractivity contribution is 0.689. The Balaban J connectivity index is 2.36.